The molecule has 0 unspecified atom stereocenters. The molecule has 1 aromatic heterocycles. The summed E-state index contributed by atoms with van der Waals surface area (Å²) < 4.78 is 20.3. The van der Waals surface area contributed by atoms with Gasteiger partial charge in [-0.05, 0) is 48.4 Å². The lowest BCUT2D eigenvalue weighted by Crippen LogP contribution is -2.11. The fourth-order valence-corrected chi connectivity index (χ4v) is 2.57. The highest BCUT2D eigenvalue weighted by Crippen LogP contribution is 2.36. The zero-order valence-corrected chi connectivity index (χ0v) is 13.8. The van der Waals surface area contributed by atoms with E-state index in [1.165, 1.54) is 0 Å². The van der Waals surface area contributed by atoms with Crippen molar-refractivity contribution in [2.24, 2.45) is 5.73 Å². The van der Waals surface area contributed by atoms with Gasteiger partial charge in [0.15, 0.2) is 11.6 Å². The van der Waals surface area contributed by atoms with Crippen LogP contribution in [0.1, 0.15) is 24.9 Å². The van der Waals surface area contributed by atoms with E-state index >= 15 is 0 Å². The van der Waals surface area contributed by atoms with Crippen LogP contribution in [-0.4, -0.2) is 10.2 Å². The first-order valence-corrected chi connectivity index (χ1v) is 7.99. The highest BCUT2D eigenvalue weighted by atomic mass is 35.5. The highest BCUT2D eigenvalue weighted by Gasteiger charge is 2.18. The van der Waals surface area contributed by atoms with Crippen LogP contribution in [0.5, 0.6) is 11.5 Å². The Kier molecular flexibility index (Phi) is 4.83. The predicted molar refractivity (Wildman–Crippen MR) is 92.7 cm³/mol. The maximum absolute atomic E-state index is 14.7. The molecule has 3 aromatic rings. The zero-order chi connectivity index (χ0) is 17.1. The molecule has 0 saturated heterocycles. The molecule has 1 heterocycles. The lowest BCUT2D eigenvalue weighted by molar-refractivity contribution is 0.434. The van der Waals surface area contributed by atoms with E-state index in [0.29, 0.717) is 17.7 Å². The molecule has 2 aromatic carbocycles. The Morgan fingerprint density at radius 1 is 1.21 bits per heavy atom. The smallest absolute Gasteiger partial charge is 0.181 e. The molecule has 24 heavy (non-hydrogen) atoms. The van der Waals surface area contributed by atoms with Gasteiger partial charge in [-0.15, -0.1) is 0 Å². The van der Waals surface area contributed by atoms with E-state index in [-0.39, 0.29) is 10.8 Å². The maximum atomic E-state index is 14.7. The number of nitrogens with zero attached hydrogens (tertiary/aromatic N) is 1. The van der Waals surface area contributed by atoms with Gasteiger partial charge >= 0.3 is 0 Å². The van der Waals surface area contributed by atoms with Crippen molar-refractivity contribution < 1.29 is 9.13 Å². The van der Waals surface area contributed by atoms with Crippen LogP contribution in [0, 0.1) is 5.82 Å². The van der Waals surface area contributed by atoms with Gasteiger partial charge in [-0.3, -0.25) is 5.10 Å². The summed E-state index contributed by atoms with van der Waals surface area (Å²) in [6, 6.07) is 11.9. The molecule has 0 aliphatic carbocycles. The average molecular weight is 346 g/mol. The van der Waals surface area contributed by atoms with Gasteiger partial charge in [0.25, 0.3) is 0 Å². The Labute approximate surface area is 144 Å². The van der Waals surface area contributed by atoms with E-state index in [4.69, 9.17) is 22.1 Å². The number of hydrogen-bond acceptors (Lipinski definition) is 3. The molecule has 1 atom stereocenters. The van der Waals surface area contributed by atoms with Crippen LogP contribution in [0.15, 0.2) is 48.7 Å². The van der Waals surface area contributed by atoms with E-state index in [9.17, 15) is 4.39 Å². The summed E-state index contributed by atoms with van der Waals surface area (Å²) in [6.45, 7) is 1.90. The van der Waals surface area contributed by atoms with Crippen LogP contribution < -0.4 is 10.5 Å². The normalized spacial score (nSPS) is 12.2. The van der Waals surface area contributed by atoms with Crippen LogP contribution in [-0.2, 0) is 0 Å². The largest absolute Gasteiger partial charge is 0.453 e. The predicted octanol–water partition coefficient (Wildman–Crippen LogP) is 5.07. The van der Waals surface area contributed by atoms with E-state index < -0.39 is 11.9 Å². The number of nitrogens with two attached hydrogens (primary N) is 1. The summed E-state index contributed by atoms with van der Waals surface area (Å²) in [4.78, 5) is 0. The van der Waals surface area contributed by atoms with Crippen molar-refractivity contribution in [1.82, 2.24) is 10.2 Å². The number of benzene rings is 2. The second kappa shape index (κ2) is 7.03. The number of aromatic amines is 1. The number of H-pyrrole nitrogens is 1. The van der Waals surface area contributed by atoms with Gasteiger partial charge in [0.2, 0.25) is 0 Å². The molecule has 0 aliphatic rings. The molecule has 0 aliphatic heterocycles. The second-order valence-corrected chi connectivity index (χ2v) is 5.80. The third-order valence-corrected chi connectivity index (χ3v) is 4.10. The first-order valence-electron chi connectivity index (χ1n) is 7.61. The van der Waals surface area contributed by atoms with Crippen LogP contribution in [0.25, 0.3) is 11.3 Å². The van der Waals surface area contributed by atoms with Crippen molar-refractivity contribution >= 4 is 11.6 Å². The van der Waals surface area contributed by atoms with Crippen LogP contribution >= 0.6 is 11.6 Å². The first-order chi connectivity index (χ1) is 11.6. The van der Waals surface area contributed by atoms with Gasteiger partial charge in [0.05, 0.1) is 10.7 Å². The molecule has 0 radical (unpaired) electrons. The minimum absolute atomic E-state index is 0.00708. The Balaban J connectivity index is 1.88. The van der Waals surface area contributed by atoms with Crippen LogP contribution in [0.2, 0.25) is 5.02 Å². The molecule has 0 spiro atoms. The third kappa shape index (κ3) is 3.27. The Bertz CT molecular complexity index is 819. The molecular weight excluding hydrogens is 329 g/mol. The number of ether oxygens (including phenoxy) is 1. The number of hydrogen-bond donors (Lipinski definition) is 2. The average Bonchev–Trinajstić information content (AvgIpc) is 3.13. The van der Waals surface area contributed by atoms with Crippen molar-refractivity contribution in [2.75, 3.05) is 0 Å². The lowest BCUT2D eigenvalue weighted by Gasteiger charge is -2.15. The Hall–Kier alpha value is -2.37. The van der Waals surface area contributed by atoms with Crippen LogP contribution in [0.4, 0.5) is 4.39 Å². The summed E-state index contributed by atoms with van der Waals surface area (Å²) in [7, 11) is 0. The summed E-state index contributed by atoms with van der Waals surface area (Å²) in [5.41, 5.74) is 8.17. The summed E-state index contributed by atoms with van der Waals surface area (Å²) in [6.07, 6.45) is 2.30. The van der Waals surface area contributed by atoms with Crippen LogP contribution in [0.3, 0.4) is 0 Å². The summed E-state index contributed by atoms with van der Waals surface area (Å²) >= 11 is 6.09. The van der Waals surface area contributed by atoms with Crippen molar-refractivity contribution in [1.29, 1.82) is 0 Å². The van der Waals surface area contributed by atoms with Gasteiger partial charge in [-0.2, -0.15) is 5.10 Å². The first kappa shape index (κ1) is 16.5. The van der Waals surface area contributed by atoms with E-state index in [2.05, 4.69) is 10.2 Å². The molecule has 3 rings (SSSR count). The van der Waals surface area contributed by atoms with Gasteiger partial charge in [0, 0.05) is 17.8 Å². The van der Waals surface area contributed by atoms with Gasteiger partial charge in [-0.1, -0.05) is 24.6 Å². The van der Waals surface area contributed by atoms with Crippen molar-refractivity contribution in [3.8, 4) is 22.8 Å². The SMILES string of the molecule is CC[C@@H](N)c1ccc(Cl)c(Oc2ccc(-c3ccn[nH]3)cc2)c1F. The maximum Gasteiger partial charge on any atom is 0.181 e. The quantitative estimate of drug-likeness (QED) is 0.678. The van der Waals surface area contributed by atoms with Crippen molar-refractivity contribution in [3.63, 3.8) is 0 Å². The van der Waals surface area contributed by atoms with Gasteiger partial charge in [0.1, 0.15) is 5.75 Å². The Morgan fingerprint density at radius 2 is 1.96 bits per heavy atom. The molecule has 124 valence electrons. The van der Waals surface area contributed by atoms with Crippen molar-refractivity contribution in [3.05, 3.63) is 65.1 Å². The van der Waals surface area contributed by atoms with E-state index in [1.54, 1.807) is 30.5 Å². The second-order valence-electron chi connectivity index (χ2n) is 5.39. The summed E-state index contributed by atoms with van der Waals surface area (Å²) in [5.74, 6) is -0.0388. The lowest BCUT2D eigenvalue weighted by atomic mass is 10.0. The van der Waals surface area contributed by atoms with Crippen molar-refractivity contribution in [2.45, 2.75) is 19.4 Å². The zero-order valence-electron chi connectivity index (χ0n) is 13.1. The molecule has 4 nitrogen and oxygen atoms in total. The van der Waals surface area contributed by atoms with Gasteiger partial charge in [-0.25, -0.2) is 4.39 Å². The van der Waals surface area contributed by atoms with Gasteiger partial charge < -0.3 is 10.5 Å². The van der Waals surface area contributed by atoms with E-state index in [1.807, 2.05) is 25.1 Å². The Morgan fingerprint density at radius 3 is 2.58 bits per heavy atom. The molecule has 0 fully saturated rings. The fourth-order valence-electron chi connectivity index (χ4n) is 2.38. The number of aromatic nitrogens is 2. The molecule has 0 amide bonds. The standard InChI is InChI=1S/C18H17ClFN3O/c1-2-15(21)13-7-8-14(19)18(17(13)20)24-12-5-3-11(4-6-12)16-9-10-22-23-16/h3-10,15H,2,21H2,1H3,(H,22,23)/t15-/m1/s1. The fraction of sp³-hybridized carbons (Fsp3) is 0.167. The molecule has 3 N–H and O–H groups in total. The minimum Gasteiger partial charge on any atom is -0.453 e. The highest BCUT2D eigenvalue weighted by molar-refractivity contribution is 6.32. The number of halogens is 2. The molecule has 0 saturated carbocycles. The number of rotatable bonds is 5. The molecule has 6 heteroatoms. The van der Waals surface area contributed by atoms with E-state index in [0.717, 1.165) is 11.3 Å². The molecular formula is C18H17ClFN3O. The third-order valence-electron chi connectivity index (χ3n) is 3.80. The monoisotopic (exact) mass is 345 g/mol. The molecule has 0 bridgehead atoms. The topological polar surface area (TPSA) is 63.9 Å². The summed E-state index contributed by atoms with van der Waals surface area (Å²) in [5, 5.41) is 7.00. The number of nitrogens with one attached hydrogen (secondary N) is 1. The minimum atomic E-state index is -0.519.